The van der Waals surface area contributed by atoms with Crippen LogP contribution in [0.3, 0.4) is 0 Å². The third-order valence-electron chi connectivity index (χ3n) is 3.79. The van der Waals surface area contributed by atoms with E-state index in [9.17, 15) is 14.2 Å². The highest BCUT2D eigenvalue weighted by atomic mass is 33.1. The van der Waals surface area contributed by atoms with Crippen molar-refractivity contribution in [3.8, 4) is 11.8 Å². The van der Waals surface area contributed by atoms with E-state index in [1.807, 2.05) is 13.2 Å². The molecule has 29 heavy (non-hydrogen) atoms. The van der Waals surface area contributed by atoms with Crippen LogP contribution in [0.2, 0.25) is 0 Å². The number of aromatic amines is 1. The van der Waals surface area contributed by atoms with Crippen LogP contribution < -0.4 is 17.0 Å². The molecule has 5 N–H and O–H groups in total. The smallest absolute Gasteiger partial charge is 0.361 e. The fourth-order valence-electron chi connectivity index (χ4n) is 2.67. The molecule has 1 fully saturated rings. The topological polar surface area (TPSA) is 166 Å². The van der Waals surface area contributed by atoms with Gasteiger partial charge in [-0.2, -0.15) is 0 Å². The Morgan fingerprint density at radius 2 is 2.24 bits per heavy atom. The SMILES string of the molecule is CSS[C@@H](C)OC1C[C@H](n2cc(C#CCN)c(=O)[nH]c2=O)O[C@@H]1COP(=O)(O)O. The fraction of sp³-hybridized carbons (Fsp3) is 0.600. The summed E-state index contributed by atoms with van der Waals surface area (Å²) in [5.41, 5.74) is 3.76. The molecule has 0 radical (unpaired) electrons. The van der Waals surface area contributed by atoms with Gasteiger partial charge in [-0.1, -0.05) is 33.4 Å². The van der Waals surface area contributed by atoms with Gasteiger partial charge in [0, 0.05) is 12.6 Å². The van der Waals surface area contributed by atoms with E-state index in [-0.39, 0.29) is 24.0 Å². The lowest BCUT2D eigenvalue weighted by Crippen LogP contribution is -2.33. The molecular formula is C15H22N3O8PS2. The van der Waals surface area contributed by atoms with Gasteiger partial charge in [-0.25, -0.2) is 9.36 Å². The molecule has 1 aromatic heterocycles. The van der Waals surface area contributed by atoms with Crippen molar-refractivity contribution in [2.45, 2.75) is 37.2 Å². The maximum atomic E-state index is 12.3. The lowest BCUT2D eigenvalue weighted by Gasteiger charge is -2.22. The monoisotopic (exact) mass is 467 g/mol. The Morgan fingerprint density at radius 1 is 1.52 bits per heavy atom. The van der Waals surface area contributed by atoms with Crippen LogP contribution in [0.5, 0.6) is 0 Å². The molecule has 1 saturated heterocycles. The Labute approximate surface area is 174 Å². The largest absolute Gasteiger partial charge is 0.469 e. The zero-order valence-corrected chi connectivity index (χ0v) is 18.2. The Kier molecular flexibility index (Phi) is 9.02. The Morgan fingerprint density at radius 3 is 2.86 bits per heavy atom. The second-order valence-electron chi connectivity index (χ2n) is 5.87. The van der Waals surface area contributed by atoms with Crippen molar-refractivity contribution in [1.82, 2.24) is 9.55 Å². The van der Waals surface area contributed by atoms with Crippen molar-refractivity contribution in [3.63, 3.8) is 0 Å². The average molecular weight is 467 g/mol. The number of phosphoric ester groups is 1. The minimum atomic E-state index is -4.71. The number of nitrogens with one attached hydrogen (secondary N) is 1. The molecule has 162 valence electrons. The molecule has 1 aliphatic heterocycles. The highest BCUT2D eigenvalue weighted by molar-refractivity contribution is 8.76. The second-order valence-corrected chi connectivity index (χ2v) is 9.88. The maximum absolute atomic E-state index is 12.3. The highest BCUT2D eigenvalue weighted by Crippen LogP contribution is 2.39. The van der Waals surface area contributed by atoms with E-state index in [1.165, 1.54) is 27.8 Å². The zero-order chi connectivity index (χ0) is 21.6. The number of rotatable bonds is 8. The number of hydrogen-bond donors (Lipinski definition) is 4. The molecule has 0 saturated carbocycles. The first-order valence-corrected chi connectivity index (χ1v) is 12.5. The van der Waals surface area contributed by atoms with E-state index in [2.05, 4.69) is 21.3 Å². The molecule has 0 aromatic carbocycles. The lowest BCUT2D eigenvalue weighted by molar-refractivity contribution is -0.0634. The number of nitrogens with zero attached hydrogens (tertiary/aromatic N) is 1. The van der Waals surface area contributed by atoms with Crippen LogP contribution in [0.4, 0.5) is 0 Å². The van der Waals surface area contributed by atoms with E-state index in [4.69, 9.17) is 25.0 Å². The number of H-pyrrole nitrogens is 1. The molecular weight excluding hydrogens is 445 g/mol. The molecule has 1 aliphatic rings. The molecule has 2 rings (SSSR count). The molecule has 14 heteroatoms. The number of ether oxygens (including phenoxy) is 2. The molecule has 0 bridgehead atoms. The predicted octanol–water partition coefficient (Wildman–Crippen LogP) is -0.0140. The standard InChI is InChI=1S/C15H22N3O8PS2/c1-9(29-28-2)25-11-6-13(26-12(11)8-24-27(21,22)23)18-7-10(4-3-5-16)14(19)17-15(18)20/h7,9,11-13H,5-6,8,16H2,1-2H3,(H,17,19,20)(H2,21,22,23)/t9-,11?,12+,13+/m0/s1. The molecule has 2 heterocycles. The van der Waals surface area contributed by atoms with Gasteiger partial charge in [0.15, 0.2) is 0 Å². The summed E-state index contributed by atoms with van der Waals surface area (Å²) in [5, 5.41) is 0. The van der Waals surface area contributed by atoms with Crippen LogP contribution in [0, 0.1) is 11.8 Å². The van der Waals surface area contributed by atoms with Crippen LogP contribution in [-0.2, 0) is 18.6 Å². The molecule has 0 spiro atoms. The summed E-state index contributed by atoms with van der Waals surface area (Å²) in [6.45, 7) is 1.43. The predicted molar refractivity (Wildman–Crippen MR) is 109 cm³/mol. The first kappa shape index (κ1) is 24.2. The third-order valence-corrected chi connectivity index (χ3v) is 6.24. The second kappa shape index (κ2) is 10.8. The minimum absolute atomic E-state index is 0.0392. The van der Waals surface area contributed by atoms with Crippen LogP contribution >= 0.6 is 29.4 Å². The van der Waals surface area contributed by atoms with E-state index in [1.54, 1.807) is 0 Å². The third kappa shape index (κ3) is 7.29. The number of hydrogen-bond acceptors (Lipinski definition) is 9. The van der Waals surface area contributed by atoms with Gasteiger partial charge in [0.05, 0.1) is 19.3 Å². The first-order valence-electron chi connectivity index (χ1n) is 8.39. The fourth-order valence-corrected chi connectivity index (χ4v) is 4.42. The number of phosphoric acid groups is 1. The van der Waals surface area contributed by atoms with Crippen LogP contribution in [0.15, 0.2) is 15.8 Å². The van der Waals surface area contributed by atoms with Gasteiger partial charge >= 0.3 is 13.5 Å². The average Bonchev–Trinajstić information content (AvgIpc) is 3.01. The van der Waals surface area contributed by atoms with Crippen molar-refractivity contribution < 1.29 is 28.3 Å². The van der Waals surface area contributed by atoms with Gasteiger partial charge in [0.25, 0.3) is 5.56 Å². The van der Waals surface area contributed by atoms with Crippen molar-refractivity contribution >= 4 is 29.4 Å². The summed E-state index contributed by atoms with van der Waals surface area (Å²) >= 11 is 0. The first-order chi connectivity index (χ1) is 13.6. The maximum Gasteiger partial charge on any atom is 0.469 e. The van der Waals surface area contributed by atoms with Crippen LogP contribution in [-0.4, -0.2) is 56.4 Å². The van der Waals surface area contributed by atoms with Crippen molar-refractivity contribution in [2.75, 3.05) is 19.4 Å². The Hall–Kier alpha value is -1.07. The summed E-state index contributed by atoms with van der Waals surface area (Å²) in [4.78, 5) is 44.2. The van der Waals surface area contributed by atoms with Gasteiger partial charge in [-0.3, -0.25) is 18.9 Å². The Bertz CT molecular complexity index is 921. The highest BCUT2D eigenvalue weighted by Gasteiger charge is 2.40. The number of nitrogens with two attached hydrogens (primary N) is 1. The molecule has 11 nitrogen and oxygen atoms in total. The van der Waals surface area contributed by atoms with Gasteiger partial charge in [-0.05, 0) is 13.2 Å². The summed E-state index contributed by atoms with van der Waals surface area (Å²) in [6.07, 6.45) is 1.06. The molecule has 0 aliphatic carbocycles. The van der Waals surface area contributed by atoms with E-state index >= 15 is 0 Å². The van der Waals surface area contributed by atoms with Gasteiger partial charge in [0.1, 0.15) is 23.3 Å². The molecule has 4 atom stereocenters. The van der Waals surface area contributed by atoms with E-state index < -0.39 is 44.1 Å². The molecule has 0 amide bonds. The van der Waals surface area contributed by atoms with Gasteiger partial charge < -0.3 is 25.0 Å². The van der Waals surface area contributed by atoms with Gasteiger partial charge in [0.2, 0.25) is 0 Å². The van der Waals surface area contributed by atoms with Gasteiger partial charge in [-0.15, -0.1) is 0 Å². The Balaban J connectivity index is 2.28. The number of aromatic nitrogens is 2. The van der Waals surface area contributed by atoms with E-state index in [0.29, 0.717) is 0 Å². The normalized spacial score (nSPS) is 22.9. The van der Waals surface area contributed by atoms with Crippen LogP contribution in [0.1, 0.15) is 25.1 Å². The zero-order valence-electron chi connectivity index (χ0n) is 15.6. The van der Waals surface area contributed by atoms with Crippen molar-refractivity contribution in [2.24, 2.45) is 5.73 Å². The summed E-state index contributed by atoms with van der Waals surface area (Å²) in [7, 11) is -1.76. The minimum Gasteiger partial charge on any atom is -0.361 e. The van der Waals surface area contributed by atoms with Crippen molar-refractivity contribution in [1.29, 1.82) is 0 Å². The lowest BCUT2D eigenvalue weighted by atomic mass is 10.2. The molecule has 1 aromatic rings. The van der Waals surface area contributed by atoms with Crippen LogP contribution in [0.25, 0.3) is 0 Å². The van der Waals surface area contributed by atoms with E-state index in [0.717, 1.165) is 4.57 Å². The summed E-state index contributed by atoms with van der Waals surface area (Å²) in [5.74, 6) is 5.12. The summed E-state index contributed by atoms with van der Waals surface area (Å²) in [6, 6.07) is 0. The van der Waals surface area contributed by atoms with Crippen molar-refractivity contribution in [3.05, 3.63) is 32.6 Å². The summed E-state index contributed by atoms with van der Waals surface area (Å²) < 4.78 is 28.4. The molecule has 1 unspecified atom stereocenters. The quantitative estimate of drug-likeness (QED) is 0.176.